The van der Waals surface area contributed by atoms with Crippen molar-refractivity contribution in [3.63, 3.8) is 0 Å². The van der Waals surface area contributed by atoms with Crippen LogP contribution in [0.15, 0.2) is 255 Å². The summed E-state index contributed by atoms with van der Waals surface area (Å²) in [6, 6.07) is 76.1. The normalized spacial score (nSPS) is 11.8. The van der Waals surface area contributed by atoms with E-state index in [9.17, 15) is 19.5 Å². The molecule has 18 rings (SSSR count). The van der Waals surface area contributed by atoms with Crippen molar-refractivity contribution in [3.05, 3.63) is 277 Å². The predicted octanol–water partition coefficient (Wildman–Crippen LogP) is 26.4. The van der Waals surface area contributed by atoms with Gasteiger partial charge in [0.2, 0.25) is 11.4 Å². The molecule has 0 amide bonds. The van der Waals surface area contributed by atoms with Gasteiger partial charge in [0.1, 0.15) is 0 Å². The van der Waals surface area contributed by atoms with Crippen molar-refractivity contribution >= 4 is 180 Å². The van der Waals surface area contributed by atoms with Crippen LogP contribution in [0.25, 0.3) is 165 Å². The van der Waals surface area contributed by atoms with E-state index in [1.165, 1.54) is 98.6 Å². The van der Waals surface area contributed by atoms with E-state index >= 15 is 0 Å². The summed E-state index contributed by atoms with van der Waals surface area (Å²) in [5.41, 5.74) is 16.0. The van der Waals surface area contributed by atoms with Crippen LogP contribution in [-0.2, 0) is 74.7 Å². The van der Waals surface area contributed by atoms with Gasteiger partial charge < -0.3 is 24.2 Å². The molecular formula is C104H101GeIr3N6O9Si-3. The average Bonchev–Trinajstić information content (AvgIpc) is 1.51. The smallest absolute Gasteiger partial charge is 0.216 e. The van der Waals surface area contributed by atoms with Crippen LogP contribution in [-0.4, -0.2) is 83.9 Å². The van der Waals surface area contributed by atoms with Crippen LogP contribution < -0.4 is 9.58 Å². The molecule has 3 N–H and O–H groups in total. The zero-order valence-corrected chi connectivity index (χ0v) is 83.1. The SMILES string of the molecule is CC(=O)C=C(C)O.CC(=O)C=C(C)O.CCC(CC)C(=O)C=C(O)C(CC)CC.Cc1[c-]c(-c2c[c]([Ge]([CH3])([CH3])[CH3])c3c(ccc4ccccc43)n2)c2oc3ncccc3c2c1.Cc1[c-]c(-c2cc([Si](C)(C)C)c3c(ccc4ccccc43)n2)c2oc3ncccc3c2c1.Cc1[c-]c(-c2ccc3c(ccc4ccccc43)n2)c2oc3ncccc3c2c1.[Ir].[Ir].[Ir]. The van der Waals surface area contributed by atoms with Crippen LogP contribution in [0.1, 0.15) is 97.8 Å². The topological polar surface area (TPSA) is 229 Å². The summed E-state index contributed by atoms with van der Waals surface area (Å²) in [4.78, 5) is 60.2. The fraction of sp³-hybridized carbons (Fsp3) is 0.221. The number of ketones is 3. The van der Waals surface area contributed by atoms with Gasteiger partial charge in [0.05, 0.1) is 47.6 Å². The van der Waals surface area contributed by atoms with E-state index in [1.807, 2.05) is 58.9 Å². The molecule has 9 heterocycles. The largest absolute Gasteiger partial charge is 0.486 e. The van der Waals surface area contributed by atoms with Crippen LogP contribution in [0.2, 0.25) is 36.9 Å². The molecular weight excluding hydrogens is 2150 g/mol. The number of hydrogen-bond acceptors (Lipinski definition) is 15. The Morgan fingerprint density at radius 2 is 0.766 bits per heavy atom. The van der Waals surface area contributed by atoms with Crippen molar-refractivity contribution in [3.8, 4) is 33.8 Å². The quantitative estimate of drug-likeness (QED) is 0.0302. The third-order valence-corrected chi connectivity index (χ3v) is 27.8. The third kappa shape index (κ3) is 21.4. The summed E-state index contributed by atoms with van der Waals surface area (Å²) < 4.78 is 20.0. The number of carbonyl (C=O) groups excluding carboxylic acids is 3. The number of nitrogens with zero attached hydrogens (tertiary/aromatic N) is 6. The Kier molecular flexibility index (Phi) is 31.8. The molecule has 124 heavy (non-hydrogen) atoms. The first-order valence-electron chi connectivity index (χ1n) is 41.2. The monoisotopic (exact) mass is 2260 g/mol. The van der Waals surface area contributed by atoms with Crippen molar-refractivity contribution in [1.29, 1.82) is 0 Å². The molecule has 9 aromatic heterocycles. The van der Waals surface area contributed by atoms with Gasteiger partial charge in [-0.1, -0.05) is 167 Å². The molecule has 18 aromatic rings. The number of pyridine rings is 6. The van der Waals surface area contributed by atoms with Crippen molar-refractivity contribution in [2.45, 2.75) is 139 Å². The number of allylic oxidation sites excluding steroid dienone is 6. The summed E-state index contributed by atoms with van der Waals surface area (Å²) >= 11 is -2.26. The first-order chi connectivity index (χ1) is 57.9. The molecule has 0 bridgehead atoms. The molecule has 9 aromatic carbocycles. The van der Waals surface area contributed by atoms with Crippen molar-refractivity contribution < 1.29 is 103 Å². The Morgan fingerprint density at radius 1 is 0.403 bits per heavy atom. The molecule has 0 aliphatic carbocycles. The molecule has 0 aliphatic rings. The number of aryl methyl sites for hydroxylation is 3. The Bertz CT molecular complexity index is 6820. The summed E-state index contributed by atoms with van der Waals surface area (Å²) in [5, 5.41) is 45.4. The Hall–Kier alpha value is -10.8. The van der Waals surface area contributed by atoms with Gasteiger partial charge >= 0.3 is 190 Å². The maximum Gasteiger partial charge on any atom is 0.216 e. The van der Waals surface area contributed by atoms with Gasteiger partial charge in [0.15, 0.2) is 17.3 Å². The van der Waals surface area contributed by atoms with E-state index in [-0.39, 0.29) is 107 Å². The molecule has 639 valence electrons. The fourth-order valence-electron chi connectivity index (χ4n) is 15.7. The van der Waals surface area contributed by atoms with E-state index in [0.717, 1.165) is 147 Å². The standard InChI is InChI=1S/C28H23GeN2O.C28H23N2OSi.C25H15N2O.C13H24O2.2C5H8O2.3Ir/c1-17-14-21-20-10-7-13-30-28(20)32-27(21)22(15-17)25-16-23(29(2,3)4)26-19-9-6-5-8-18(19)11-12-24(26)31-25;1-17-14-21-20-10-7-13-29-28(20)31-27(21)22(15-17)24-16-25(32(2,3)4)26-19-9-6-5-8-18(19)11-12-23(26)30-24;1-15-13-20-19-7-4-12-26-25(19)28-24(20)21(14-15)23-11-9-18-17-6-3-2-5-16(17)8-10-22(18)27-23;1-5-10(6-2)12(14)9-13(15)11(7-3)8-4;2*1-4(6)3-5(2)7;;;/h2*5-14,16H,1-4H3;2-13H,1H3;9-11,14H,5-8H2,1-4H3;2*3,6H,1-2H3;;;/q3*-1;;;;;;. The van der Waals surface area contributed by atoms with Gasteiger partial charge in [0.25, 0.3) is 0 Å². The molecule has 0 fully saturated rings. The minimum Gasteiger partial charge on any atom is -0.486 e. The maximum absolute atomic E-state index is 11.7. The minimum absolute atomic E-state index is 0. The van der Waals surface area contributed by atoms with E-state index in [0.29, 0.717) is 17.1 Å². The van der Waals surface area contributed by atoms with Crippen molar-refractivity contribution in [2.75, 3.05) is 0 Å². The zero-order valence-electron chi connectivity index (χ0n) is 72.8. The molecule has 0 saturated heterocycles. The van der Waals surface area contributed by atoms with Gasteiger partial charge in [-0.2, -0.15) is 0 Å². The van der Waals surface area contributed by atoms with Crippen molar-refractivity contribution in [1.82, 2.24) is 29.9 Å². The minimum atomic E-state index is -2.26. The second-order valence-corrected chi connectivity index (χ2v) is 48.5. The summed E-state index contributed by atoms with van der Waals surface area (Å²) in [6.45, 7) is 27.2. The van der Waals surface area contributed by atoms with Crippen LogP contribution >= 0.6 is 0 Å². The van der Waals surface area contributed by atoms with E-state index in [4.69, 9.17) is 38.4 Å². The zero-order chi connectivity index (χ0) is 86.3. The average molecular weight is 2260 g/mol. The molecule has 20 heteroatoms. The van der Waals surface area contributed by atoms with Gasteiger partial charge in [-0.05, 0) is 123 Å². The fourth-order valence-corrected chi connectivity index (χ4v) is 20.7. The van der Waals surface area contributed by atoms with E-state index in [2.05, 4.69) is 248 Å². The van der Waals surface area contributed by atoms with Crippen LogP contribution in [0.5, 0.6) is 0 Å². The molecule has 15 nitrogen and oxygen atoms in total. The molecule has 0 saturated carbocycles. The summed E-state index contributed by atoms with van der Waals surface area (Å²) in [5.74, 6) is 7.76. The third-order valence-electron chi connectivity index (χ3n) is 21.5. The second kappa shape index (κ2) is 41.3. The number of furan rings is 3. The number of aliphatic hydroxyl groups is 3. The van der Waals surface area contributed by atoms with E-state index in [1.54, 1.807) is 18.6 Å². The Balaban J connectivity index is 0.000000167. The number of hydrogen-bond donors (Lipinski definition) is 3. The number of aliphatic hydroxyl groups excluding tert-OH is 3. The van der Waals surface area contributed by atoms with Gasteiger partial charge in [-0.3, -0.25) is 24.4 Å². The van der Waals surface area contributed by atoms with E-state index < -0.39 is 21.3 Å². The Labute approximate surface area is 767 Å². The van der Waals surface area contributed by atoms with Gasteiger partial charge in [0, 0.05) is 124 Å². The Morgan fingerprint density at radius 3 is 1.16 bits per heavy atom. The number of fused-ring (bicyclic) bond motifs is 18. The summed E-state index contributed by atoms with van der Waals surface area (Å²) in [7, 11) is -1.69. The van der Waals surface area contributed by atoms with Crippen LogP contribution in [0.3, 0.4) is 0 Å². The van der Waals surface area contributed by atoms with Crippen LogP contribution in [0, 0.1) is 50.8 Å². The van der Waals surface area contributed by atoms with Gasteiger partial charge in [-0.25, -0.2) is 9.97 Å². The molecule has 3 radical (unpaired) electrons. The summed E-state index contributed by atoms with van der Waals surface area (Å²) in [6.07, 6.45) is 12.5. The van der Waals surface area contributed by atoms with Gasteiger partial charge in [-0.15, -0.1) is 35.4 Å². The molecule has 0 unspecified atom stereocenters. The molecule has 0 spiro atoms. The van der Waals surface area contributed by atoms with Crippen molar-refractivity contribution in [2.24, 2.45) is 11.8 Å². The van der Waals surface area contributed by atoms with Crippen LogP contribution in [0.4, 0.5) is 0 Å². The first-order valence-corrected chi connectivity index (χ1v) is 52.0. The second-order valence-electron chi connectivity index (χ2n) is 32.9. The maximum atomic E-state index is 11.7. The molecule has 0 aliphatic heterocycles. The number of aromatic nitrogens is 6. The number of benzene rings is 9. The molecule has 0 atom stereocenters. The number of carbonyl (C=O) groups is 3. The predicted molar refractivity (Wildman–Crippen MR) is 504 cm³/mol. The first kappa shape index (κ1) is 95.4. The number of rotatable bonds is 14.